The number of amides is 1. The number of nitrogens with zero attached hydrogens (tertiary/aromatic N) is 3. The van der Waals surface area contributed by atoms with Crippen molar-refractivity contribution in [3.63, 3.8) is 0 Å². The molecular formula is C20H25FN4O4. The molecule has 0 aliphatic carbocycles. The molecule has 0 bridgehead atoms. The maximum absolute atomic E-state index is 14.0. The van der Waals surface area contributed by atoms with E-state index in [4.69, 9.17) is 19.9 Å². The monoisotopic (exact) mass is 404 g/mol. The molecule has 2 heterocycles. The van der Waals surface area contributed by atoms with Crippen LogP contribution in [0.5, 0.6) is 17.5 Å². The van der Waals surface area contributed by atoms with Gasteiger partial charge in [-0.25, -0.2) is 19.2 Å². The van der Waals surface area contributed by atoms with Crippen molar-refractivity contribution in [3.8, 4) is 17.5 Å². The molecule has 0 radical (unpaired) electrons. The second-order valence-electron chi connectivity index (χ2n) is 7.14. The molecule has 0 spiro atoms. The van der Waals surface area contributed by atoms with Gasteiger partial charge >= 0.3 is 6.09 Å². The summed E-state index contributed by atoms with van der Waals surface area (Å²) in [6.07, 6.45) is 2.05. The Kier molecular flexibility index (Phi) is 6.36. The zero-order valence-electron chi connectivity index (χ0n) is 16.7. The number of rotatable bonds is 5. The Balaban J connectivity index is 1.62. The molecular weight excluding hydrogens is 379 g/mol. The molecule has 1 amide bonds. The van der Waals surface area contributed by atoms with Crippen LogP contribution in [0.3, 0.4) is 0 Å². The minimum atomic E-state index is -0.578. The Morgan fingerprint density at radius 3 is 2.59 bits per heavy atom. The summed E-state index contributed by atoms with van der Waals surface area (Å²) in [4.78, 5) is 21.9. The number of ether oxygens (including phenoxy) is 3. The van der Waals surface area contributed by atoms with Crippen molar-refractivity contribution in [2.75, 3.05) is 18.8 Å². The number of halogens is 1. The molecule has 1 aromatic carbocycles. The van der Waals surface area contributed by atoms with E-state index in [1.165, 1.54) is 18.5 Å². The molecule has 8 nitrogen and oxygen atoms in total. The molecule has 1 saturated heterocycles. The van der Waals surface area contributed by atoms with E-state index >= 15 is 0 Å². The third-order valence-electron chi connectivity index (χ3n) is 4.47. The van der Waals surface area contributed by atoms with E-state index in [9.17, 15) is 9.18 Å². The van der Waals surface area contributed by atoms with Gasteiger partial charge in [-0.2, -0.15) is 0 Å². The Morgan fingerprint density at radius 2 is 1.93 bits per heavy atom. The molecule has 3 rings (SSSR count). The molecule has 0 saturated carbocycles. The summed E-state index contributed by atoms with van der Waals surface area (Å²) in [5.74, 6) is 0.0146. The number of hydrogen-bond donors (Lipinski definition) is 1. The number of nitrogens with two attached hydrogens (primary N) is 1. The maximum Gasteiger partial charge on any atom is 0.410 e. The van der Waals surface area contributed by atoms with Crippen LogP contribution < -0.4 is 15.2 Å². The maximum atomic E-state index is 14.0. The third-order valence-corrected chi connectivity index (χ3v) is 4.47. The van der Waals surface area contributed by atoms with Gasteiger partial charge in [0.1, 0.15) is 12.4 Å². The van der Waals surface area contributed by atoms with Crippen LogP contribution in [0.2, 0.25) is 0 Å². The van der Waals surface area contributed by atoms with Gasteiger partial charge in [0, 0.05) is 37.7 Å². The fraction of sp³-hybridized carbons (Fsp3) is 0.450. The van der Waals surface area contributed by atoms with Gasteiger partial charge in [0.25, 0.3) is 0 Å². The van der Waals surface area contributed by atoms with Crippen LogP contribution in [-0.4, -0.2) is 46.3 Å². The van der Waals surface area contributed by atoms with Gasteiger partial charge in [-0.15, -0.1) is 0 Å². The molecule has 2 N–H and O–H groups in total. The van der Waals surface area contributed by atoms with Gasteiger partial charge in [-0.1, -0.05) is 0 Å². The number of likely N-dealkylation sites (tertiary alicyclic amines) is 1. The van der Waals surface area contributed by atoms with Crippen molar-refractivity contribution in [3.05, 3.63) is 35.9 Å². The number of hydrogen-bond acceptors (Lipinski definition) is 7. The molecule has 29 heavy (non-hydrogen) atoms. The highest BCUT2D eigenvalue weighted by atomic mass is 19.1. The lowest BCUT2D eigenvalue weighted by molar-refractivity contribution is 0.0505. The van der Waals surface area contributed by atoms with Crippen molar-refractivity contribution in [2.24, 2.45) is 0 Å². The van der Waals surface area contributed by atoms with E-state index in [2.05, 4.69) is 9.97 Å². The summed E-state index contributed by atoms with van der Waals surface area (Å²) in [7, 11) is 0. The van der Waals surface area contributed by atoms with Gasteiger partial charge in [0.15, 0.2) is 11.6 Å². The van der Waals surface area contributed by atoms with Gasteiger partial charge in [0.05, 0.1) is 11.7 Å². The van der Waals surface area contributed by atoms with Crippen molar-refractivity contribution in [2.45, 2.75) is 45.8 Å². The number of anilines is 1. The van der Waals surface area contributed by atoms with Crippen LogP contribution in [0.1, 0.15) is 32.3 Å². The molecule has 0 atom stereocenters. The summed E-state index contributed by atoms with van der Waals surface area (Å²) in [6.45, 7) is 6.47. The lowest BCUT2D eigenvalue weighted by Gasteiger charge is -2.31. The first-order valence-electron chi connectivity index (χ1n) is 9.50. The molecule has 9 heteroatoms. The standard InChI is InChI=1S/C20H25FN4O4/c1-12(2)27-20(26)25-8-6-15(7-9-25)28-18-13(3)19(24-11-23-18)29-17-5-4-14(22)10-16(17)21/h4-5,10-12,15H,6-9,22H2,1-3H3. The topological polar surface area (TPSA) is 99.8 Å². The normalized spacial score (nSPS) is 14.7. The van der Waals surface area contributed by atoms with E-state index in [1.54, 1.807) is 17.9 Å². The van der Waals surface area contributed by atoms with Crippen molar-refractivity contribution in [1.29, 1.82) is 0 Å². The van der Waals surface area contributed by atoms with Gasteiger partial charge < -0.3 is 24.8 Å². The first-order valence-corrected chi connectivity index (χ1v) is 9.50. The molecule has 2 aromatic rings. The number of benzene rings is 1. The second kappa shape index (κ2) is 8.93. The molecule has 0 unspecified atom stereocenters. The lowest BCUT2D eigenvalue weighted by Crippen LogP contribution is -2.42. The first-order chi connectivity index (χ1) is 13.8. The number of piperidine rings is 1. The number of nitrogen functional groups attached to an aromatic ring is 1. The fourth-order valence-electron chi connectivity index (χ4n) is 2.93. The smallest absolute Gasteiger partial charge is 0.410 e. The molecule has 1 aromatic heterocycles. The van der Waals surface area contributed by atoms with Crippen LogP contribution in [0, 0.1) is 12.7 Å². The van der Waals surface area contributed by atoms with Crippen molar-refractivity contribution < 1.29 is 23.4 Å². The summed E-state index contributed by atoms with van der Waals surface area (Å²) in [5, 5.41) is 0. The minimum Gasteiger partial charge on any atom is -0.474 e. The zero-order valence-corrected chi connectivity index (χ0v) is 16.7. The minimum absolute atomic E-state index is 0.0175. The second-order valence-corrected chi connectivity index (χ2v) is 7.14. The predicted octanol–water partition coefficient (Wildman–Crippen LogP) is 3.69. The average Bonchev–Trinajstić information content (AvgIpc) is 2.67. The third kappa shape index (κ3) is 5.24. The van der Waals surface area contributed by atoms with Gasteiger partial charge in [0.2, 0.25) is 11.8 Å². The number of carbonyl (C=O) groups excluding carboxylic acids is 1. The van der Waals surface area contributed by atoms with E-state index in [0.29, 0.717) is 43.1 Å². The van der Waals surface area contributed by atoms with E-state index in [-0.39, 0.29) is 29.9 Å². The molecule has 1 fully saturated rings. The SMILES string of the molecule is Cc1c(Oc2ccc(N)cc2F)ncnc1OC1CCN(C(=O)OC(C)C)CC1. The van der Waals surface area contributed by atoms with Crippen LogP contribution in [0.4, 0.5) is 14.9 Å². The quantitative estimate of drug-likeness (QED) is 0.759. The Bertz CT molecular complexity index is 870. The van der Waals surface area contributed by atoms with Crippen LogP contribution in [-0.2, 0) is 4.74 Å². The number of carbonyl (C=O) groups is 1. The summed E-state index contributed by atoms with van der Waals surface area (Å²) >= 11 is 0. The lowest BCUT2D eigenvalue weighted by atomic mass is 10.1. The van der Waals surface area contributed by atoms with Crippen LogP contribution >= 0.6 is 0 Å². The van der Waals surface area contributed by atoms with E-state index < -0.39 is 5.82 Å². The first kappa shape index (κ1) is 20.6. The van der Waals surface area contributed by atoms with Gasteiger partial charge in [-0.3, -0.25) is 0 Å². The zero-order chi connectivity index (χ0) is 21.0. The van der Waals surface area contributed by atoms with E-state index in [0.717, 1.165) is 0 Å². The highest BCUT2D eigenvalue weighted by Crippen LogP contribution is 2.31. The Labute approximate surface area is 168 Å². The van der Waals surface area contributed by atoms with Gasteiger partial charge in [-0.05, 0) is 32.9 Å². The molecule has 1 aliphatic heterocycles. The number of aromatic nitrogens is 2. The summed E-state index contributed by atoms with van der Waals surface area (Å²) < 4.78 is 30.8. The predicted molar refractivity (Wildman–Crippen MR) is 104 cm³/mol. The summed E-state index contributed by atoms with van der Waals surface area (Å²) in [5.41, 5.74) is 6.43. The van der Waals surface area contributed by atoms with Crippen LogP contribution in [0.15, 0.2) is 24.5 Å². The summed E-state index contributed by atoms with van der Waals surface area (Å²) in [6, 6.07) is 4.17. The highest BCUT2D eigenvalue weighted by Gasteiger charge is 2.26. The van der Waals surface area contributed by atoms with E-state index in [1.807, 2.05) is 13.8 Å². The highest BCUT2D eigenvalue weighted by molar-refractivity contribution is 5.67. The molecule has 1 aliphatic rings. The van der Waals surface area contributed by atoms with Crippen molar-refractivity contribution >= 4 is 11.8 Å². The fourth-order valence-corrected chi connectivity index (χ4v) is 2.93. The molecule has 156 valence electrons. The Hall–Kier alpha value is -3.10. The van der Waals surface area contributed by atoms with Crippen LogP contribution in [0.25, 0.3) is 0 Å². The van der Waals surface area contributed by atoms with Crippen molar-refractivity contribution in [1.82, 2.24) is 14.9 Å². The Morgan fingerprint density at radius 1 is 1.24 bits per heavy atom. The average molecular weight is 404 g/mol. The largest absolute Gasteiger partial charge is 0.474 e.